The van der Waals surface area contributed by atoms with Crippen LogP contribution in [0.4, 0.5) is 0 Å². The average Bonchev–Trinajstić information content (AvgIpc) is 2.53. The Labute approximate surface area is 159 Å². The van der Waals surface area contributed by atoms with Gasteiger partial charge in [-0.05, 0) is 24.3 Å². The lowest BCUT2D eigenvalue weighted by atomic mass is 10.2. The van der Waals surface area contributed by atoms with Gasteiger partial charge in [-0.3, -0.25) is 4.79 Å². The molecule has 0 radical (unpaired) electrons. The molecule has 0 heterocycles. The minimum absolute atomic E-state index is 0.0210. The van der Waals surface area contributed by atoms with Crippen LogP contribution in [0.2, 0.25) is 0 Å². The molecule has 0 saturated heterocycles. The molecule has 8 heteroatoms. The molecular formula is C19H25N2O5S+. The van der Waals surface area contributed by atoms with E-state index in [1.54, 1.807) is 24.3 Å². The maximum Gasteiger partial charge on any atom is 0.305 e. The first-order chi connectivity index (χ1) is 12.5. The Bertz CT molecular complexity index is 876. The molecule has 0 amide bonds. The topological polar surface area (TPSA) is 92.7 Å². The number of para-hydroxylation sites is 1. The molecule has 2 aromatic carbocycles. The molecule has 7 nitrogen and oxygen atoms in total. The molecule has 1 atom stereocenters. The van der Waals surface area contributed by atoms with Crippen LogP contribution in [0, 0.1) is 0 Å². The van der Waals surface area contributed by atoms with Crippen LogP contribution in [0.15, 0.2) is 59.5 Å². The quantitative estimate of drug-likeness (QED) is 0.638. The zero-order valence-electron chi connectivity index (χ0n) is 15.6. The van der Waals surface area contributed by atoms with Crippen LogP contribution in [0.3, 0.4) is 0 Å². The summed E-state index contributed by atoms with van der Waals surface area (Å²) >= 11 is 0. The van der Waals surface area contributed by atoms with Crippen molar-refractivity contribution in [3.8, 4) is 11.5 Å². The molecule has 0 aliphatic rings. The summed E-state index contributed by atoms with van der Waals surface area (Å²) in [5, 5.41) is 9.09. The minimum Gasteiger partial charge on any atom is -0.481 e. The molecule has 146 valence electrons. The second-order valence-electron chi connectivity index (χ2n) is 7.28. The van der Waals surface area contributed by atoms with E-state index in [1.165, 1.54) is 12.1 Å². The summed E-state index contributed by atoms with van der Waals surface area (Å²) in [5.41, 5.74) is 0. The van der Waals surface area contributed by atoms with E-state index < -0.39 is 22.0 Å². The van der Waals surface area contributed by atoms with Crippen molar-refractivity contribution >= 4 is 16.0 Å². The second kappa shape index (κ2) is 8.51. The van der Waals surface area contributed by atoms with Gasteiger partial charge >= 0.3 is 5.97 Å². The zero-order chi connectivity index (χ0) is 20.1. The van der Waals surface area contributed by atoms with E-state index in [4.69, 9.17) is 9.84 Å². The number of sulfonamides is 1. The Morgan fingerprint density at radius 3 is 2.30 bits per heavy atom. The molecule has 0 fully saturated rings. The van der Waals surface area contributed by atoms with Crippen LogP contribution >= 0.6 is 0 Å². The van der Waals surface area contributed by atoms with Gasteiger partial charge in [-0.1, -0.05) is 24.3 Å². The number of nitrogens with one attached hydrogen (secondary N) is 1. The standard InChI is InChI=1S/C19H24N2O5S/c1-21(2,3)14-15(12-19(22)23)20-27(24,25)18-11-7-10-17(13-18)26-16-8-5-4-6-9-16/h4-11,13,15,20H,12,14H2,1-3H3/p+1/t15-/m1/s1. The maximum atomic E-state index is 12.7. The number of likely N-dealkylation sites (N-methyl/N-ethyl adjacent to an activating group) is 1. The van der Waals surface area contributed by atoms with Crippen molar-refractivity contribution in [2.75, 3.05) is 27.7 Å². The Balaban J connectivity index is 2.21. The van der Waals surface area contributed by atoms with Gasteiger partial charge in [0, 0.05) is 6.07 Å². The van der Waals surface area contributed by atoms with Crippen molar-refractivity contribution < 1.29 is 27.5 Å². The molecule has 0 bridgehead atoms. The smallest absolute Gasteiger partial charge is 0.305 e. The first-order valence-corrected chi connectivity index (χ1v) is 9.91. The fourth-order valence-electron chi connectivity index (χ4n) is 2.63. The van der Waals surface area contributed by atoms with E-state index in [0.717, 1.165) is 0 Å². The molecular weight excluding hydrogens is 368 g/mol. The van der Waals surface area contributed by atoms with Gasteiger partial charge in [0.25, 0.3) is 0 Å². The van der Waals surface area contributed by atoms with E-state index in [2.05, 4.69) is 4.72 Å². The van der Waals surface area contributed by atoms with Gasteiger partial charge in [0.15, 0.2) is 0 Å². The molecule has 0 aliphatic heterocycles. The van der Waals surface area contributed by atoms with E-state index in [-0.39, 0.29) is 11.3 Å². The number of hydrogen-bond donors (Lipinski definition) is 2. The monoisotopic (exact) mass is 393 g/mol. The van der Waals surface area contributed by atoms with Crippen LogP contribution in [0.5, 0.6) is 11.5 Å². The second-order valence-corrected chi connectivity index (χ2v) is 8.99. The highest BCUT2D eigenvalue weighted by molar-refractivity contribution is 7.89. The Morgan fingerprint density at radius 2 is 1.70 bits per heavy atom. The molecule has 27 heavy (non-hydrogen) atoms. The fourth-order valence-corrected chi connectivity index (χ4v) is 3.89. The van der Waals surface area contributed by atoms with Crippen LogP contribution < -0.4 is 9.46 Å². The molecule has 0 saturated carbocycles. The summed E-state index contributed by atoms with van der Waals surface area (Å²) in [4.78, 5) is 11.1. The highest BCUT2D eigenvalue weighted by Gasteiger charge is 2.27. The number of benzene rings is 2. The summed E-state index contributed by atoms with van der Waals surface area (Å²) in [6, 6.07) is 14.4. The number of carboxylic acid groups (broad SMARTS) is 1. The van der Waals surface area contributed by atoms with E-state index in [0.29, 0.717) is 22.5 Å². The molecule has 0 spiro atoms. The summed E-state index contributed by atoms with van der Waals surface area (Å²) < 4.78 is 34.1. The lowest BCUT2D eigenvalue weighted by Gasteiger charge is -2.29. The van der Waals surface area contributed by atoms with Crippen LogP contribution in [0.1, 0.15) is 6.42 Å². The first-order valence-electron chi connectivity index (χ1n) is 8.43. The first kappa shape index (κ1) is 20.9. The zero-order valence-corrected chi connectivity index (χ0v) is 16.4. The molecule has 2 N–H and O–H groups in total. The molecule has 0 unspecified atom stereocenters. The third-order valence-electron chi connectivity index (χ3n) is 3.61. The van der Waals surface area contributed by atoms with Crippen molar-refractivity contribution in [3.63, 3.8) is 0 Å². The van der Waals surface area contributed by atoms with Crippen LogP contribution in [0.25, 0.3) is 0 Å². The Hall–Kier alpha value is -2.42. The summed E-state index contributed by atoms with van der Waals surface area (Å²) in [5.74, 6) is -0.0865. The van der Waals surface area contributed by atoms with Gasteiger partial charge in [-0.15, -0.1) is 0 Å². The van der Waals surface area contributed by atoms with Crippen molar-refractivity contribution in [2.24, 2.45) is 0 Å². The highest BCUT2D eigenvalue weighted by Crippen LogP contribution is 2.24. The molecule has 2 rings (SSSR count). The van der Waals surface area contributed by atoms with Crippen LogP contribution in [-0.4, -0.2) is 57.7 Å². The predicted octanol–water partition coefficient (Wildman–Crippen LogP) is 2.31. The van der Waals surface area contributed by atoms with Crippen LogP contribution in [-0.2, 0) is 14.8 Å². The summed E-state index contributed by atoms with van der Waals surface area (Å²) in [6.07, 6.45) is -0.297. The van der Waals surface area contributed by atoms with Gasteiger partial charge in [0.1, 0.15) is 11.5 Å². The van der Waals surface area contributed by atoms with Crippen molar-refractivity contribution in [1.82, 2.24) is 4.72 Å². The van der Waals surface area contributed by atoms with Crippen molar-refractivity contribution in [2.45, 2.75) is 17.4 Å². The number of rotatable bonds is 9. The number of aliphatic carboxylic acids is 1. The highest BCUT2D eigenvalue weighted by atomic mass is 32.2. The Kier molecular flexibility index (Phi) is 6.59. The lowest BCUT2D eigenvalue weighted by Crippen LogP contribution is -2.49. The number of quaternary nitrogens is 1. The van der Waals surface area contributed by atoms with Crippen molar-refractivity contribution in [1.29, 1.82) is 0 Å². The van der Waals surface area contributed by atoms with Gasteiger partial charge < -0.3 is 14.3 Å². The Morgan fingerprint density at radius 1 is 1.07 bits per heavy atom. The number of ether oxygens (including phenoxy) is 1. The van der Waals surface area contributed by atoms with E-state index >= 15 is 0 Å². The fraction of sp³-hybridized carbons (Fsp3) is 0.316. The summed E-state index contributed by atoms with van der Waals surface area (Å²) in [6.45, 7) is 0.339. The maximum absolute atomic E-state index is 12.7. The number of hydrogen-bond acceptors (Lipinski definition) is 4. The predicted molar refractivity (Wildman–Crippen MR) is 102 cm³/mol. The molecule has 2 aromatic rings. The lowest BCUT2D eigenvalue weighted by molar-refractivity contribution is -0.871. The number of nitrogens with zero attached hydrogens (tertiary/aromatic N) is 1. The number of carbonyl (C=O) groups is 1. The normalized spacial score (nSPS) is 13.1. The van der Waals surface area contributed by atoms with Gasteiger partial charge in [0.05, 0.1) is 45.0 Å². The average molecular weight is 393 g/mol. The van der Waals surface area contributed by atoms with E-state index in [1.807, 2.05) is 39.3 Å². The van der Waals surface area contributed by atoms with E-state index in [9.17, 15) is 13.2 Å². The third kappa shape index (κ3) is 7.01. The van der Waals surface area contributed by atoms with Gasteiger partial charge in [-0.2, -0.15) is 0 Å². The number of carboxylic acids is 1. The minimum atomic E-state index is -3.90. The third-order valence-corrected chi connectivity index (χ3v) is 5.12. The summed E-state index contributed by atoms with van der Waals surface area (Å²) in [7, 11) is 1.72. The van der Waals surface area contributed by atoms with Crippen molar-refractivity contribution in [3.05, 3.63) is 54.6 Å². The van der Waals surface area contributed by atoms with Gasteiger partial charge in [0.2, 0.25) is 10.0 Å². The van der Waals surface area contributed by atoms with Gasteiger partial charge in [-0.25, -0.2) is 13.1 Å². The largest absolute Gasteiger partial charge is 0.481 e. The molecule has 0 aromatic heterocycles. The molecule has 0 aliphatic carbocycles. The SMILES string of the molecule is C[N+](C)(C)C[C@@H](CC(=O)O)NS(=O)(=O)c1cccc(Oc2ccccc2)c1.